The van der Waals surface area contributed by atoms with Gasteiger partial charge in [0.25, 0.3) is 0 Å². The average molecular weight is 477 g/mol. The maximum absolute atomic E-state index is 12.8. The number of anilines is 2. The Morgan fingerprint density at radius 2 is 1.58 bits per heavy atom. The van der Waals surface area contributed by atoms with Gasteiger partial charge < -0.3 is 14.4 Å². The number of primary sulfonamides is 1. The van der Waals surface area contributed by atoms with Crippen molar-refractivity contribution in [2.45, 2.75) is 24.7 Å². The van der Waals surface area contributed by atoms with Crippen molar-refractivity contribution in [1.82, 2.24) is 4.98 Å². The number of hydrogen-bond acceptors (Lipinski definition) is 7. The first-order valence-corrected chi connectivity index (χ1v) is 10.9. The third-order valence-corrected chi connectivity index (χ3v) is 5.64. The SMILES string of the molecule is NS(=O)(=O)c1ccc(N(Cc2cncs2)c2ccc(OC(F)F)c(OC(F)F)c2)cc1. The van der Waals surface area contributed by atoms with Crippen LogP contribution in [0.1, 0.15) is 4.88 Å². The van der Waals surface area contributed by atoms with Crippen LogP contribution in [0.5, 0.6) is 11.5 Å². The Morgan fingerprint density at radius 1 is 0.968 bits per heavy atom. The predicted molar refractivity (Wildman–Crippen MR) is 105 cm³/mol. The third-order valence-electron chi connectivity index (χ3n) is 3.95. The van der Waals surface area contributed by atoms with Crippen molar-refractivity contribution in [3.63, 3.8) is 0 Å². The van der Waals surface area contributed by atoms with Crippen LogP contribution in [-0.4, -0.2) is 26.6 Å². The predicted octanol–water partition coefficient (Wildman–Crippen LogP) is 4.33. The molecule has 31 heavy (non-hydrogen) atoms. The Labute approximate surface area is 178 Å². The second-order valence-corrected chi connectivity index (χ2v) is 8.51. The number of thiazole rings is 1. The summed E-state index contributed by atoms with van der Waals surface area (Å²) in [6.45, 7) is -6.27. The number of sulfonamides is 1. The van der Waals surface area contributed by atoms with Gasteiger partial charge in [-0.25, -0.2) is 13.6 Å². The van der Waals surface area contributed by atoms with E-state index in [0.29, 0.717) is 11.4 Å². The molecule has 0 bridgehead atoms. The highest BCUT2D eigenvalue weighted by Gasteiger charge is 2.19. The molecular formula is C18H15F4N3O4S2. The van der Waals surface area contributed by atoms with Crippen LogP contribution in [0.4, 0.5) is 28.9 Å². The molecule has 166 valence electrons. The standard InChI is InChI=1S/C18H15F4N3O4S2/c19-17(20)28-15-6-3-12(7-16(15)29-18(21)22)25(9-13-8-24-10-30-13)11-1-4-14(5-2-11)31(23,26)27/h1-8,10,17-18H,9H2,(H2,23,26,27). The van der Waals surface area contributed by atoms with E-state index in [-0.39, 0.29) is 11.4 Å². The summed E-state index contributed by atoms with van der Waals surface area (Å²) < 4.78 is 82.4. The van der Waals surface area contributed by atoms with Crippen LogP contribution < -0.4 is 19.5 Å². The molecule has 0 unspecified atom stereocenters. The smallest absolute Gasteiger partial charge is 0.387 e. The third kappa shape index (κ3) is 6.06. The molecule has 1 heterocycles. The number of halogens is 4. The molecule has 13 heteroatoms. The van der Waals surface area contributed by atoms with Crippen LogP contribution in [0.3, 0.4) is 0 Å². The van der Waals surface area contributed by atoms with Gasteiger partial charge in [0.05, 0.1) is 17.0 Å². The van der Waals surface area contributed by atoms with E-state index in [0.717, 1.165) is 17.0 Å². The van der Waals surface area contributed by atoms with Crippen molar-refractivity contribution in [1.29, 1.82) is 0 Å². The topological polar surface area (TPSA) is 94.8 Å². The van der Waals surface area contributed by atoms with E-state index in [2.05, 4.69) is 14.5 Å². The normalized spacial score (nSPS) is 11.7. The number of rotatable bonds is 9. The van der Waals surface area contributed by atoms with Crippen molar-refractivity contribution >= 4 is 32.7 Å². The van der Waals surface area contributed by atoms with E-state index in [1.807, 2.05) is 0 Å². The molecule has 0 radical (unpaired) electrons. The first-order chi connectivity index (χ1) is 14.6. The van der Waals surface area contributed by atoms with E-state index >= 15 is 0 Å². The molecule has 0 aliphatic rings. The van der Waals surface area contributed by atoms with E-state index in [1.165, 1.54) is 41.7 Å². The van der Waals surface area contributed by atoms with Crippen molar-refractivity contribution in [2.24, 2.45) is 5.14 Å². The molecule has 0 aliphatic carbocycles. The highest BCUT2D eigenvalue weighted by molar-refractivity contribution is 7.89. The number of nitrogens with zero attached hydrogens (tertiary/aromatic N) is 2. The summed E-state index contributed by atoms with van der Waals surface area (Å²) in [5.74, 6) is -1.13. The summed E-state index contributed by atoms with van der Waals surface area (Å²) in [6, 6.07) is 9.10. The lowest BCUT2D eigenvalue weighted by atomic mass is 10.2. The summed E-state index contributed by atoms with van der Waals surface area (Å²) in [4.78, 5) is 6.29. The van der Waals surface area contributed by atoms with Crippen LogP contribution in [-0.2, 0) is 16.6 Å². The number of aromatic nitrogens is 1. The van der Waals surface area contributed by atoms with Gasteiger partial charge in [-0.1, -0.05) is 0 Å². The number of benzene rings is 2. The Balaban J connectivity index is 2.04. The van der Waals surface area contributed by atoms with Gasteiger partial charge in [-0.3, -0.25) is 4.98 Å². The zero-order chi connectivity index (χ0) is 22.6. The van der Waals surface area contributed by atoms with Gasteiger partial charge in [-0.15, -0.1) is 11.3 Å². The first kappa shape index (κ1) is 22.8. The van der Waals surface area contributed by atoms with Crippen molar-refractivity contribution < 1.29 is 35.5 Å². The minimum absolute atomic E-state index is 0.114. The minimum Gasteiger partial charge on any atom is -0.431 e. The summed E-state index contributed by atoms with van der Waals surface area (Å²) in [5, 5.41) is 5.12. The molecule has 0 amide bonds. The molecule has 3 aromatic rings. The number of hydrogen-bond donors (Lipinski definition) is 1. The van der Waals surface area contributed by atoms with Crippen LogP contribution in [0.2, 0.25) is 0 Å². The molecule has 2 N–H and O–H groups in total. The Morgan fingerprint density at radius 3 is 2.13 bits per heavy atom. The Kier molecular flexibility index (Phi) is 6.97. The largest absolute Gasteiger partial charge is 0.431 e. The minimum atomic E-state index is -3.91. The zero-order valence-corrected chi connectivity index (χ0v) is 17.1. The summed E-state index contributed by atoms with van der Waals surface area (Å²) >= 11 is 1.33. The summed E-state index contributed by atoms with van der Waals surface area (Å²) in [5.41, 5.74) is 2.38. The lowest BCUT2D eigenvalue weighted by molar-refractivity contribution is -0.0692. The second kappa shape index (κ2) is 9.49. The van der Waals surface area contributed by atoms with Gasteiger partial charge in [0, 0.05) is 28.5 Å². The van der Waals surface area contributed by atoms with Crippen LogP contribution in [0.15, 0.2) is 59.1 Å². The van der Waals surface area contributed by atoms with E-state index in [4.69, 9.17) is 5.14 Å². The van der Waals surface area contributed by atoms with Gasteiger partial charge in [0.1, 0.15) is 0 Å². The molecule has 0 spiro atoms. The van der Waals surface area contributed by atoms with Crippen LogP contribution in [0.25, 0.3) is 0 Å². The summed E-state index contributed by atoms with van der Waals surface area (Å²) in [6.07, 6.45) is 1.60. The summed E-state index contributed by atoms with van der Waals surface area (Å²) in [7, 11) is -3.91. The van der Waals surface area contributed by atoms with Gasteiger partial charge in [0.15, 0.2) is 11.5 Å². The van der Waals surface area contributed by atoms with Crippen LogP contribution >= 0.6 is 11.3 Å². The Bertz CT molecular complexity index is 1110. The maximum Gasteiger partial charge on any atom is 0.387 e. The van der Waals surface area contributed by atoms with Crippen molar-refractivity contribution in [2.75, 3.05) is 4.90 Å². The van der Waals surface area contributed by atoms with Gasteiger partial charge in [-0.05, 0) is 36.4 Å². The fraction of sp³-hybridized carbons (Fsp3) is 0.167. The number of nitrogens with two attached hydrogens (primary N) is 1. The fourth-order valence-electron chi connectivity index (χ4n) is 2.67. The fourth-order valence-corrected chi connectivity index (χ4v) is 3.77. The van der Waals surface area contributed by atoms with Crippen molar-refractivity contribution in [3.8, 4) is 11.5 Å². The first-order valence-electron chi connectivity index (χ1n) is 8.45. The quantitative estimate of drug-likeness (QED) is 0.461. The van der Waals surface area contributed by atoms with Crippen LogP contribution in [0, 0.1) is 0 Å². The second-order valence-electron chi connectivity index (χ2n) is 5.98. The van der Waals surface area contributed by atoms with Crippen molar-refractivity contribution in [3.05, 3.63) is 59.0 Å². The van der Waals surface area contributed by atoms with E-state index in [1.54, 1.807) is 16.6 Å². The molecule has 0 fully saturated rings. The Hall–Kier alpha value is -2.90. The molecule has 0 saturated carbocycles. The molecule has 7 nitrogen and oxygen atoms in total. The molecule has 3 rings (SSSR count). The number of ether oxygens (including phenoxy) is 2. The molecule has 1 aromatic heterocycles. The van der Waals surface area contributed by atoms with E-state index in [9.17, 15) is 26.0 Å². The maximum atomic E-state index is 12.8. The molecule has 2 aromatic carbocycles. The molecule has 0 saturated heterocycles. The molecule has 0 aliphatic heterocycles. The highest BCUT2D eigenvalue weighted by Crippen LogP contribution is 2.37. The zero-order valence-electron chi connectivity index (χ0n) is 15.5. The van der Waals surface area contributed by atoms with Gasteiger partial charge >= 0.3 is 13.2 Å². The lowest BCUT2D eigenvalue weighted by Gasteiger charge is -2.25. The van der Waals surface area contributed by atoms with E-state index < -0.39 is 34.7 Å². The van der Waals surface area contributed by atoms with Gasteiger partial charge in [-0.2, -0.15) is 17.6 Å². The monoisotopic (exact) mass is 477 g/mol. The number of alkyl halides is 4. The molecule has 0 atom stereocenters. The van der Waals surface area contributed by atoms with Gasteiger partial charge in [0.2, 0.25) is 10.0 Å². The lowest BCUT2D eigenvalue weighted by Crippen LogP contribution is -2.17. The highest BCUT2D eigenvalue weighted by atomic mass is 32.2. The molecular weight excluding hydrogens is 462 g/mol. The average Bonchev–Trinajstić information content (AvgIpc) is 3.19.